The number of halogens is 1. The van der Waals surface area contributed by atoms with Gasteiger partial charge in [0.1, 0.15) is 0 Å². The van der Waals surface area contributed by atoms with E-state index in [0.29, 0.717) is 5.15 Å². The zero-order chi connectivity index (χ0) is 11.5. The van der Waals surface area contributed by atoms with Crippen molar-refractivity contribution in [3.63, 3.8) is 0 Å². The van der Waals surface area contributed by atoms with E-state index in [0.717, 1.165) is 16.7 Å². The Labute approximate surface area is 99.6 Å². The molecule has 80 valence electrons. The van der Waals surface area contributed by atoms with E-state index in [4.69, 9.17) is 11.6 Å². The van der Waals surface area contributed by atoms with Crippen molar-refractivity contribution in [1.82, 2.24) is 10.2 Å². The van der Waals surface area contributed by atoms with Crippen molar-refractivity contribution < 1.29 is 0 Å². The van der Waals surface area contributed by atoms with Crippen molar-refractivity contribution in [2.24, 2.45) is 0 Å². The van der Waals surface area contributed by atoms with Crippen LogP contribution in [0.25, 0.3) is 5.57 Å². The van der Waals surface area contributed by atoms with E-state index < -0.39 is 0 Å². The molecule has 1 aromatic heterocycles. The maximum Gasteiger partial charge on any atom is 0.152 e. The lowest BCUT2D eigenvalue weighted by Crippen LogP contribution is -1.90. The van der Waals surface area contributed by atoms with Crippen molar-refractivity contribution in [2.45, 2.75) is 6.92 Å². The fraction of sp³-hybridized carbons (Fsp3) is 0.0769. The minimum absolute atomic E-state index is 0.380. The van der Waals surface area contributed by atoms with E-state index >= 15 is 0 Å². The van der Waals surface area contributed by atoms with Crippen LogP contribution in [0.3, 0.4) is 0 Å². The third-order valence-electron chi connectivity index (χ3n) is 2.37. The van der Waals surface area contributed by atoms with E-state index in [1.54, 1.807) is 12.3 Å². The van der Waals surface area contributed by atoms with Crippen LogP contribution < -0.4 is 0 Å². The second-order valence-electron chi connectivity index (χ2n) is 3.61. The van der Waals surface area contributed by atoms with Crippen molar-refractivity contribution in [1.29, 1.82) is 0 Å². The Balaban J connectivity index is 2.35. The summed E-state index contributed by atoms with van der Waals surface area (Å²) in [6, 6.07) is 9.93. The van der Waals surface area contributed by atoms with Crippen LogP contribution in [0.1, 0.15) is 16.7 Å². The third kappa shape index (κ3) is 2.28. The molecular weight excluding hydrogens is 220 g/mol. The summed E-state index contributed by atoms with van der Waals surface area (Å²) in [5, 5.41) is 7.89. The van der Waals surface area contributed by atoms with Crippen molar-refractivity contribution in [3.05, 3.63) is 65.0 Å². The Hall–Kier alpha value is -1.67. The number of aromatic nitrogens is 2. The molecule has 0 aliphatic carbocycles. The predicted octanol–water partition coefficient (Wildman–Crippen LogP) is 3.50. The number of aryl methyl sites for hydroxylation is 1. The molecule has 0 atom stereocenters. The van der Waals surface area contributed by atoms with Crippen molar-refractivity contribution in [3.8, 4) is 0 Å². The summed E-state index contributed by atoms with van der Waals surface area (Å²) in [5.41, 5.74) is 4.08. The second-order valence-corrected chi connectivity index (χ2v) is 4.00. The number of nitrogens with zero attached hydrogens (tertiary/aromatic N) is 2. The molecule has 0 aliphatic rings. The third-order valence-corrected chi connectivity index (χ3v) is 2.56. The summed E-state index contributed by atoms with van der Waals surface area (Å²) in [5.74, 6) is 0. The van der Waals surface area contributed by atoms with E-state index in [1.807, 2.05) is 12.1 Å². The zero-order valence-corrected chi connectivity index (χ0v) is 9.70. The van der Waals surface area contributed by atoms with Crippen LogP contribution in [-0.4, -0.2) is 10.2 Å². The SMILES string of the molecule is C=C(c1ccc(C)cc1)c1cnnc(Cl)c1. The van der Waals surface area contributed by atoms with Gasteiger partial charge in [-0.3, -0.25) is 0 Å². The molecular formula is C13H11ClN2. The summed E-state index contributed by atoms with van der Waals surface area (Å²) in [7, 11) is 0. The Morgan fingerprint density at radius 2 is 1.88 bits per heavy atom. The maximum absolute atomic E-state index is 5.79. The summed E-state index contributed by atoms with van der Waals surface area (Å²) in [6.45, 7) is 6.09. The normalized spacial score (nSPS) is 10.1. The molecule has 0 saturated heterocycles. The summed E-state index contributed by atoms with van der Waals surface area (Å²) in [4.78, 5) is 0. The monoisotopic (exact) mass is 230 g/mol. The fourth-order valence-corrected chi connectivity index (χ4v) is 1.59. The number of hydrogen-bond acceptors (Lipinski definition) is 2. The molecule has 0 saturated carbocycles. The van der Waals surface area contributed by atoms with Gasteiger partial charge in [-0.15, -0.1) is 5.10 Å². The molecule has 2 nitrogen and oxygen atoms in total. The molecule has 0 unspecified atom stereocenters. The quantitative estimate of drug-likeness (QED) is 0.789. The first-order valence-electron chi connectivity index (χ1n) is 4.91. The van der Waals surface area contributed by atoms with Crippen LogP contribution in [0.2, 0.25) is 5.15 Å². The van der Waals surface area contributed by atoms with E-state index in [1.165, 1.54) is 5.56 Å². The van der Waals surface area contributed by atoms with E-state index in [9.17, 15) is 0 Å². The fourth-order valence-electron chi connectivity index (χ4n) is 1.43. The second kappa shape index (κ2) is 4.45. The summed E-state index contributed by atoms with van der Waals surface area (Å²) >= 11 is 5.79. The van der Waals surface area contributed by atoms with Gasteiger partial charge < -0.3 is 0 Å². The molecule has 0 fully saturated rings. The predicted molar refractivity (Wildman–Crippen MR) is 66.4 cm³/mol. The summed E-state index contributed by atoms with van der Waals surface area (Å²) in [6.07, 6.45) is 1.66. The minimum atomic E-state index is 0.380. The molecule has 2 aromatic rings. The Bertz CT molecular complexity index is 518. The highest BCUT2D eigenvalue weighted by Crippen LogP contribution is 2.22. The highest BCUT2D eigenvalue weighted by atomic mass is 35.5. The topological polar surface area (TPSA) is 25.8 Å². The lowest BCUT2D eigenvalue weighted by atomic mass is 10.0. The standard InChI is InChI=1S/C13H11ClN2/c1-9-3-5-11(6-4-9)10(2)12-7-13(14)16-15-8-12/h3-8H,2H2,1H3. The largest absolute Gasteiger partial charge is 0.157 e. The van der Waals surface area contributed by atoms with Crippen LogP contribution in [0, 0.1) is 6.92 Å². The molecule has 3 heteroatoms. The van der Waals surface area contributed by atoms with E-state index in [-0.39, 0.29) is 0 Å². The molecule has 0 radical (unpaired) electrons. The molecule has 0 aliphatic heterocycles. The van der Waals surface area contributed by atoms with Gasteiger partial charge in [-0.25, -0.2) is 0 Å². The smallest absolute Gasteiger partial charge is 0.152 e. The van der Waals surface area contributed by atoms with Gasteiger partial charge in [0.25, 0.3) is 0 Å². The Kier molecular flexibility index (Phi) is 3.02. The Morgan fingerprint density at radius 3 is 2.50 bits per heavy atom. The van der Waals surface area contributed by atoms with Crippen LogP contribution in [0.5, 0.6) is 0 Å². The summed E-state index contributed by atoms with van der Waals surface area (Å²) < 4.78 is 0. The van der Waals surface area contributed by atoms with Gasteiger partial charge in [0.2, 0.25) is 0 Å². The van der Waals surface area contributed by atoms with Gasteiger partial charge in [-0.05, 0) is 24.1 Å². The van der Waals surface area contributed by atoms with Gasteiger partial charge in [0.05, 0.1) is 6.20 Å². The average Bonchev–Trinajstić information content (AvgIpc) is 2.29. The molecule has 1 aromatic carbocycles. The molecule has 2 rings (SSSR count). The lowest BCUT2D eigenvalue weighted by molar-refractivity contribution is 1.03. The maximum atomic E-state index is 5.79. The molecule has 0 N–H and O–H groups in total. The van der Waals surface area contributed by atoms with Crippen molar-refractivity contribution in [2.75, 3.05) is 0 Å². The van der Waals surface area contributed by atoms with Gasteiger partial charge in [0.15, 0.2) is 5.15 Å². The molecule has 0 amide bonds. The first-order chi connectivity index (χ1) is 7.66. The van der Waals surface area contributed by atoms with Crippen LogP contribution in [0.4, 0.5) is 0 Å². The lowest BCUT2D eigenvalue weighted by Gasteiger charge is -2.05. The van der Waals surface area contributed by atoms with Gasteiger partial charge in [0, 0.05) is 5.56 Å². The van der Waals surface area contributed by atoms with Crippen LogP contribution >= 0.6 is 11.6 Å². The number of rotatable bonds is 2. The number of hydrogen-bond donors (Lipinski definition) is 0. The van der Waals surface area contributed by atoms with Crippen LogP contribution in [0.15, 0.2) is 43.1 Å². The van der Waals surface area contributed by atoms with Gasteiger partial charge in [-0.2, -0.15) is 5.10 Å². The molecule has 0 spiro atoms. The molecule has 0 bridgehead atoms. The number of benzene rings is 1. The van der Waals surface area contributed by atoms with Gasteiger partial charge in [-0.1, -0.05) is 48.0 Å². The first-order valence-corrected chi connectivity index (χ1v) is 5.29. The molecule has 16 heavy (non-hydrogen) atoms. The van der Waals surface area contributed by atoms with Crippen molar-refractivity contribution >= 4 is 17.2 Å². The zero-order valence-electron chi connectivity index (χ0n) is 8.94. The van der Waals surface area contributed by atoms with Gasteiger partial charge >= 0.3 is 0 Å². The first kappa shape index (κ1) is 10.8. The van der Waals surface area contributed by atoms with Crippen LogP contribution in [-0.2, 0) is 0 Å². The van der Waals surface area contributed by atoms with E-state index in [2.05, 4.69) is 35.8 Å². The highest BCUT2D eigenvalue weighted by molar-refractivity contribution is 6.29. The molecule has 1 heterocycles. The average molecular weight is 231 g/mol. The minimum Gasteiger partial charge on any atom is -0.157 e. The highest BCUT2D eigenvalue weighted by Gasteiger charge is 2.03. The Morgan fingerprint density at radius 1 is 1.19 bits per heavy atom.